The quantitative estimate of drug-likeness (QED) is 0.713. The molecular formula is C17H23NO3. The molecule has 4 nitrogen and oxygen atoms in total. The summed E-state index contributed by atoms with van der Waals surface area (Å²) in [5.41, 5.74) is 0. The van der Waals surface area contributed by atoms with Crippen molar-refractivity contribution in [3.05, 3.63) is 48.4 Å². The van der Waals surface area contributed by atoms with E-state index in [0.29, 0.717) is 13.2 Å². The first-order valence-electron chi connectivity index (χ1n) is 7.42. The molecule has 114 valence electrons. The Bertz CT molecular complexity index is 511. The summed E-state index contributed by atoms with van der Waals surface area (Å²) in [5.74, 6) is 2.53. The normalized spacial score (nSPS) is 12.1. The number of furan rings is 1. The molecule has 0 aliphatic carbocycles. The number of para-hydroxylation sites is 2. The van der Waals surface area contributed by atoms with E-state index in [1.54, 1.807) is 6.26 Å². The molecule has 2 aromatic rings. The smallest absolute Gasteiger partial charge is 0.161 e. The lowest BCUT2D eigenvalue weighted by Crippen LogP contribution is -2.24. The van der Waals surface area contributed by atoms with Crippen LogP contribution >= 0.6 is 0 Å². The van der Waals surface area contributed by atoms with Crippen molar-refractivity contribution in [2.45, 2.75) is 26.3 Å². The molecule has 1 heterocycles. The van der Waals surface area contributed by atoms with Crippen molar-refractivity contribution in [2.24, 2.45) is 0 Å². The highest BCUT2D eigenvalue weighted by Crippen LogP contribution is 2.26. The molecule has 0 saturated carbocycles. The third-order valence-corrected chi connectivity index (χ3v) is 3.09. The topological polar surface area (TPSA) is 43.6 Å². The van der Waals surface area contributed by atoms with Crippen molar-refractivity contribution in [1.29, 1.82) is 0 Å². The van der Waals surface area contributed by atoms with Crippen LogP contribution in [0.3, 0.4) is 0 Å². The van der Waals surface area contributed by atoms with E-state index in [2.05, 4.69) is 19.2 Å². The molecule has 4 heteroatoms. The van der Waals surface area contributed by atoms with E-state index in [4.69, 9.17) is 13.9 Å². The van der Waals surface area contributed by atoms with Gasteiger partial charge >= 0.3 is 0 Å². The number of benzene rings is 1. The zero-order chi connectivity index (χ0) is 14.9. The Morgan fingerprint density at radius 1 is 1.05 bits per heavy atom. The van der Waals surface area contributed by atoms with Crippen molar-refractivity contribution in [2.75, 3.05) is 19.8 Å². The summed E-state index contributed by atoms with van der Waals surface area (Å²) in [7, 11) is 0. The maximum absolute atomic E-state index is 5.78. The molecule has 0 radical (unpaired) electrons. The number of nitrogens with one attached hydrogen (secondary N) is 1. The largest absolute Gasteiger partial charge is 0.490 e. The Balaban J connectivity index is 1.75. The Hall–Kier alpha value is -1.94. The second-order valence-electron chi connectivity index (χ2n) is 4.83. The number of hydrogen-bond donors (Lipinski definition) is 1. The number of ether oxygens (including phenoxy) is 2. The molecule has 1 unspecified atom stereocenters. The van der Waals surface area contributed by atoms with Crippen molar-refractivity contribution in [3.63, 3.8) is 0 Å². The van der Waals surface area contributed by atoms with Gasteiger partial charge in [-0.3, -0.25) is 0 Å². The lowest BCUT2D eigenvalue weighted by Gasteiger charge is -2.14. The monoisotopic (exact) mass is 289 g/mol. The van der Waals surface area contributed by atoms with Gasteiger partial charge in [0.1, 0.15) is 12.4 Å². The minimum atomic E-state index is 0.176. The van der Waals surface area contributed by atoms with Gasteiger partial charge in [0, 0.05) is 6.54 Å². The van der Waals surface area contributed by atoms with Crippen LogP contribution in [0.4, 0.5) is 0 Å². The summed E-state index contributed by atoms with van der Waals surface area (Å²) in [5, 5.41) is 3.36. The van der Waals surface area contributed by atoms with Crippen molar-refractivity contribution >= 4 is 0 Å². The van der Waals surface area contributed by atoms with E-state index >= 15 is 0 Å². The van der Waals surface area contributed by atoms with Crippen LogP contribution in [0, 0.1) is 0 Å². The van der Waals surface area contributed by atoms with Gasteiger partial charge in [0.25, 0.3) is 0 Å². The van der Waals surface area contributed by atoms with Crippen LogP contribution in [0.15, 0.2) is 47.1 Å². The standard InChI is InChI=1S/C17H23NO3/c1-3-11-19-16-7-4-5-8-17(16)21-13-10-18-14(2)15-9-6-12-20-15/h4-9,12,14,18H,3,10-11,13H2,1-2H3. The molecule has 1 aromatic heterocycles. The molecule has 0 fully saturated rings. The summed E-state index contributed by atoms with van der Waals surface area (Å²) < 4.78 is 16.8. The van der Waals surface area contributed by atoms with E-state index in [1.165, 1.54) is 0 Å². The molecule has 1 atom stereocenters. The third-order valence-electron chi connectivity index (χ3n) is 3.09. The fourth-order valence-corrected chi connectivity index (χ4v) is 1.98. The molecule has 0 spiro atoms. The van der Waals surface area contributed by atoms with Crippen LogP contribution in [-0.2, 0) is 0 Å². The van der Waals surface area contributed by atoms with Crippen molar-refractivity contribution in [3.8, 4) is 11.5 Å². The van der Waals surface area contributed by atoms with Gasteiger partial charge in [-0.2, -0.15) is 0 Å². The highest BCUT2D eigenvalue weighted by atomic mass is 16.5. The van der Waals surface area contributed by atoms with Crippen LogP contribution in [0.2, 0.25) is 0 Å². The van der Waals surface area contributed by atoms with Crippen LogP contribution in [0.25, 0.3) is 0 Å². The SMILES string of the molecule is CCCOc1ccccc1OCCNC(C)c1ccco1. The molecule has 0 aliphatic rings. The van der Waals surface area contributed by atoms with E-state index in [0.717, 1.165) is 30.2 Å². The molecular weight excluding hydrogens is 266 g/mol. The average Bonchev–Trinajstić information content (AvgIpc) is 3.04. The van der Waals surface area contributed by atoms with E-state index in [-0.39, 0.29) is 6.04 Å². The third kappa shape index (κ3) is 4.83. The maximum atomic E-state index is 5.78. The van der Waals surface area contributed by atoms with Gasteiger partial charge in [-0.05, 0) is 37.6 Å². The highest BCUT2D eigenvalue weighted by molar-refractivity contribution is 5.39. The first-order chi connectivity index (χ1) is 10.3. The Labute approximate surface area is 126 Å². The first kappa shape index (κ1) is 15.4. The maximum Gasteiger partial charge on any atom is 0.161 e. The van der Waals surface area contributed by atoms with Gasteiger partial charge in [0.15, 0.2) is 11.5 Å². The molecule has 0 saturated heterocycles. The number of hydrogen-bond acceptors (Lipinski definition) is 4. The fourth-order valence-electron chi connectivity index (χ4n) is 1.98. The summed E-state index contributed by atoms with van der Waals surface area (Å²) in [6.07, 6.45) is 2.67. The zero-order valence-electron chi connectivity index (χ0n) is 12.7. The summed E-state index contributed by atoms with van der Waals surface area (Å²) in [6.45, 7) is 6.18. The fraction of sp³-hybridized carbons (Fsp3) is 0.412. The zero-order valence-corrected chi connectivity index (χ0v) is 12.7. The van der Waals surface area contributed by atoms with Crippen molar-refractivity contribution in [1.82, 2.24) is 5.32 Å². The molecule has 1 N–H and O–H groups in total. The first-order valence-corrected chi connectivity index (χ1v) is 7.42. The Morgan fingerprint density at radius 2 is 1.76 bits per heavy atom. The molecule has 0 amide bonds. The minimum Gasteiger partial charge on any atom is -0.490 e. The van der Waals surface area contributed by atoms with E-state index in [1.807, 2.05) is 36.4 Å². The summed E-state index contributed by atoms with van der Waals surface area (Å²) >= 11 is 0. The Kier molecular flexibility index (Phi) is 6.16. The van der Waals surface area contributed by atoms with E-state index < -0.39 is 0 Å². The number of rotatable bonds is 9. The van der Waals surface area contributed by atoms with Gasteiger partial charge in [0.2, 0.25) is 0 Å². The molecule has 0 aliphatic heterocycles. The predicted molar refractivity (Wildman–Crippen MR) is 82.8 cm³/mol. The lowest BCUT2D eigenvalue weighted by molar-refractivity contribution is 0.263. The van der Waals surface area contributed by atoms with Crippen molar-refractivity contribution < 1.29 is 13.9 Å². The van der Waals surface area contributed by atoms with Gasteiger partial charge in [-0.15, -0.1) is 0 Å². The van der Waals surface area contributed by atoms with Crippen LogP contribution in [-0.4, -0.2) is 19.8 Å². The summed E-state index contributed by atoms with van der Waals surface area (Å²) in [6, 6.07) is 11.8. The second kappa shape index (κ2) is 8.37. The summed E-state index contributed by atoms with van der Waals surface area (Å²) in [4.78, 5) is 0. The van der Waals surface area contributed by atoms with Gasteiger partial charge in [0.05, 0.1) is 18.9 Å². The van der Waals surface area contributed by atoms with Crippen LogP contribution < -0.4 is 14.8 Å². The molecule has 21 heavy (non-hydrogen) atoms. The highest BCUT2D eigenvalue weighted by Gasteiger charge is 2.07. The Morgan fingerprint density at radius 3 is 2.38 bits per heavy atom. The molecule has 2 rings (SSSR count). The predicted octanol–water partition coefficient (Wildman–Crippen LogP) is 3.80. The molecule has 0 bridgehead atoms. The lowest BCUT2D eigenvalue weighted by atomic mass is 10.2. The van der Waals surface area contributed by atoms with E-state index in [9.17, 15) is 0 Å². The average molecular weight is 289 g/mol. The minimum absolute atomic E-state index is 0.176. The van der Waals surface area contributed by atoms with Gasteiger partial charge in [-0.1, -0.05) is 19.1 Å². The van der Waals surface area contributed by atoms with Gasteiger partial charge in [-0.25, -0.2) is 0 Å². The molecule has 1 aromatic carbocycles. The van der Waals surface area contributed by atoms with Gasteiger partial charge < -0.3 is 19.2 Å². The second-order valence-corrected chi connectivity index (χ2v) is 4.83. The van der Waals surface area contributed by atoms with Crippen LogP contribution in [0.5, 0.6) is 11.5 Å². The van der Waals surface area contributed by atoms with Crippen LogP contribution in [0.1, 0.15) is 32.1 Å².